The molecular formula is C9H21NO2. The molecule has 0 aromatic rings. The molecular weight excluding hydrogens is 154 g/mol. The molecule has 0 aliphatic heterocycles. The van der Waals surface area contributed by atoms with Gasteiger partial charge >= 0.3 is 0 Å². The van der Waals surface area contributed by atoms with Crippen molar-refractivity contribution in [2.45, 2.75) is 39.4 Å². The van der Waals surface area contributed by atoms with Gasteiger partial charge in [-0.25, -0.2) is 0 Å². The van der Waals surface area contributed by atoms with Crippen molar-refractivity contribution in [2.75, 3.05) is 19.6 Å². The highest BCUT2D eigenvalue weighted by atomic mass is 16.3. The zero-order valence-electron chi connectivity index (χ0n) is 8.32. The Hall–Kier alpha value is -0.120. The number of nitrogens with zero attached hydrogens (tertiary/aromatic N) is 1. The van der Waals surface area contributed by atoms with Gasteiger partial charge in [0.25, 0.3) is 0 Å². The lowest BCUT2D eigenvalue weighted by Crippen LogP contribution is -2.36. The van der Waals surface area contributed by atoms with Gasteiger partial charge in [0.05, 0.1) is 12.2 Å². The highest BCUT2D eigenvalue weighted by Crippen LogP contribution is 1.96. The lowest BCUT2D eigenvalue weighted by atomic mass is 10.3. The second-order valence-corrected chi connectivity index (χ2v) is 3.46. The molecule has 3 nitrogen and oxygen atoms in total. The van der Waals surface area contributed by atoms with E-state index in [0.29, 0.717) is 13.1 Å². The van der Waals surface area contributed by atoms with E-state index in [1.165, 1.54) is 0 Å². The summed E-state index contributed by atoms with van der Waals surface area (Å²) in [4.78, 5) is 2.08. The average molecular weight is 175 g/mol. The van der Waals surface area contributed by atoms with E-state index in [1.807, 2.05) is 0 Å². The van der Waals surface area contributed by atoms with Gasteiger partial charge in [0.2, 0.25) is 0 Å². The van der Waals surface area contributed by atoms with Crippen LogP contribution in [0.5, 0.6) is 0 Å². The summed E-state index contributed by atoms with van der Waals surface area (Å²) < 4.78 is 0. The topological polar surface area (TPSA) is 43.7 Å². The fraction of sp³-hybridized carbons (Fsp3) is 1.00. The fourth-order valence-electron chi connectivity index (χ4n) is 1.32. The Morgan fingerprint density at radius 3 is 1.75 bits per heavy atom. The first-order valence-electron chi connectivity index (χ1n) is 4.64. The normalized spacial score (nSPS) is 16.5. The molecule has 0 amide bonds. The standard InChI is InChI=1S/C9H21NO2/c1-4-5-10(6-8(2)11)7-9(3)12/h8-9,11-12H,4-7H2,1-3H3/t8-,9-/m1/s1. The Balaban J connectivity index is 3.69. The Bertz CT molecular complexity index is 94.7. The van der Waals surface area contributed by atoms with Crippen molar-refractivity contribution in [2.24, 2.45) is 0 Å². The molecule has 0 aliphatic carbocycles. The highest BCUT2D eigenvalue weighted by molar-refractivity contribution is 4.63. The van der Waals surface area contributed by atoms with Crippen molar-refractivity contribution < 1.29 is 10.2 Å². The SMILES string of the molecule is CCCN(C[C@@H](C)O)C[C@@H](C)O. The minimum absolute atomic E-state index is 0.310. The Morgan fingerprint density at radius 2 is 1.50 bits per heavy atom. The molecule has 0 aromatic carbocycles. The van der Waals surface area contributed by atoms with Gasteiger partial charge in [0.15, 0.2) is 0 Å². The van der Waals surface area contributed by atoms with Crippen LogP contribution in [0.1, 0.15) is 27.2 Å². The van der Waals surface area contributed by atoms with Gasteiger partial charge in [0.1, 0.15) is 0 Å². The van der Waals surface area contributed by atoms with Crippen LogP contribution in [0.4, 0.5) is 0 Å². The molecule has 2 N–H and O–H groups in total. The molecule has 3 heteroatoms. The van der Waals surface area contributed by atoms with Gasteiger partial charge in [-0.2, -0.15) is 0 Å². The molecule has 0 heterocycles. The maximum Gasteiger partial charge on any atom is 0.0639 e. The molecule has 0 saturated heterocycles. The van der Waals surface area contributed by atoms with E-state index in [4.69, 9.17) is 10.2 Å². The van der Waals surface area contributed by atoms with Crippen LogP contribution in [0.3, 0.4) is 0 Å². The van der Waals surface area contributed by atoms with Gasteiger partial charge < -0.3 is 10.2 Å². The third-order valence-electron chi connectivity index (χ3n) is 1.58. The first kappa shape index (κ1) is 11.9. The van der Waals surface area contributed by atoms with Crippen molar-refractivity contribution in [3.63, 3.8) is 0 Å². The minimum Gasteiger partial charge on any atom is -0.392 e. The zero-order valence-corrected chi connectivity index (χ0v) is 8.32. The van der Waals surface area contributed by atoms with Crippen molar-refractivity contribution >= 4 is 0 Å². The van der Waals surface area contributed by atoms with Crippen LogP contribution in [0.2, 0.25) is 0 Å². The molecule has 2 atom stereocenters. The third kappa shape index (κ3) is 6.58. The highest BCUT2D eigenvalue weighted by Gasteiger charge is 2.09. The summed E-state index contributed by atoms with van der Waals surface area (Å²) in [5.41, 5.74) is 0. The number of hydrogen-bond donors (Lipinski definition) is 2. The van der Waals surface area contributed by atoms with Crippen LogP contribution >= 0.6 is 0 Å². The Morgan fingerprint density at radius 1 is 1.08 bits per heavy atom. The Labute approximate surface area is 75.0 Å². The van der Waals surface area contributed by atoms with Crippen LogP contribution in [-0.4, -0.2) is 47.0 Å². The molecule has 0 bridgehead atoms. The minimum atomic E-state index is -0.310. The van der Waals surface area contributed by atoms with Crippen LogP contribution in [-0.2, 0) is 0 Å². The first-order chi connectivity index (χ1) is 5.56. The smallest absolute Gasteiger partial charge is 0.0639 e. The summed E-state index contributed by atoms with van der Waals surface area (Å²) >= 11 is 0. The molecule has 0 aliphatic rings. The van der Waals surface area contributed by atoms with Gasteiger partial charge in [-0.3, -0.25) is 4.90 Å². The third-order valence-corrected chi connectivity index (χ3v) is 1.58. The van der Waals surface area contributed by atoms with E-state index in [2.05, 4.69) is 11.8 Å². The maximum absolute atomic E-state index is 9.14. The molecule has 0 rings (SSSR count). The van der Waals surface area contributed by atoms with Crippen LogP contribution in [0.25, 0.3) is 0 Å². The van der Waals surface area contributed by atoms with E-state index >= 15 is 0 Å². The molecule has 0 saturated carbocycles. The summed E-state index contributed by atoms with van der Waals surface area (Å²) in [5, 5.41) is 18.3. The van der Waals surface area contributed by atoms with Gasteiger partial charge in [-0.1, -0.05) is 6.92 Å². The second-order valence-electron chi connectivity index (χ2n) is 3.46. The quantitative estimate of drug-likeness (QED) is 0.616. The summed E-state index contributed by atoms with van der Waals surface area (Å²) in [6, 6.07) is 0. The van der Waals surface area contributed by atoms with Crippen molar-refractivity contribution in [3.8, 4) is 0 Å². The van der Waals surface area contributed by atoms with E-state index < -0.39 is 0 Å². The van der Waals surface area contributed by atoms with Gasteiger partial charge in [-0.15, -0.1) is 0 Å². The number of hydrogen-bond acceptors (Lipinski definition) is 3. The predicted molar refractivity (Wildman–Crippen MR) is 50.1 cm³/mol. The molecule has 0 fully saturated rings. The zero-order chi connectivity index (χ0) is 9.56. The van der Waals surface area contributed by atoms with Crippen LogP contribution < -0.4 is 0 Å². The second kappa shape index (κ2) is 6.40. The largest absolute Gasteiger partial charge is 0.392 e. The summed E-state index contributed by atoms with van der Waals surface area (Å²) in [6.45, 7) is 7.87. The summed E-state index contributed by atoms with van der Waals surface area (Å²) in [5.74, 6) is 0. The molecule has 0 spiro atoms. The molecule has 74 valence electrons. The Kier molecular flexibility index (Phi) is 6.34. The summed E-state index contributed by atoms with van der Waals surface area (Å²) in [6.07, 6.45) is 0.435. The first-order valence-corrected chi connectivity index (χ1v) is 4.64. The van der Waals surface area contributed by atoms with E-state index in [1.54, 1.807) is 13.8 Å². The molecule has 0 radical (unpaired) electrons. The molecule has 12 heavy (non-hydrogen) atoms. The molecule has 0 unspecified atom stereocenters. The maximum atomic E-state index is 9.14. The van der Waals surface area contributed by atoms with E-state index in [0.717, 1.165) is 13.0 Å². The number of aliphatic hydroxyl groups is 2. The predicted octanol–water partition coefficient (Wildman–Crippen LogP) is 0.460. The van der Waals surface area contributed by atoms with Crippen molar-refractivity contribution in [1.82, 2.24) is 4.90 Å². The summed E-state index contributed by atoms with van der Waals surface area (Å²) in [7, 11) is 0. The lowest BCUT2D eigenvalue weighted by Gasteiger charge is -2.24. The average Bonchev–Trinajstić information content (AvgIpc) is 1.84. The van der Waals surface area contributed by atoms with Crippen molar-refractivity contribution in [3.05, 3.63) is 0 Å². The van der Waals surface area contributed by atoms with Gasteiger partial charge in [0, 0.05) is 13.1 Å². The fourth-order valence-corrected chi connectivity index (χ4v) is 1.32. The van der Waals surface area contributed by atoms with Crippen LogP contribution in [0.15, 0.2) is 0 Å². The lowest BCUT2D eigenvalue weighted by molar-refractivity contribution is 0.0837. The number of rotatable bonds is 6. The monoisotopic (exact) mass is 175 g/mol. The van der Waals surface area contributed by atoms with Crippen molar-refractivity contribution in [1.29, 1.82) is 0 Å². The van der Waals surface area contributed by atoms with Crippen LogP contribution in [0, 0.1) is 0 Å². The van der Waals surface area contributed by atoms with E-state index in [9.17, 15) is 0 Å². The van der Waals surface area contributed by atoms with Gasteiger partial charge in [-0.05, 0) is 26.8 Å². The van der Waals surface area contributed by atoms with E-state index in [-0.39, 0.29) is 12.2 Å². The number of aliphatic hydroxyl groups excluding tert-OH is 2. The molecule has 0 aromatic heterocycles.